The topological polar surface area (TPSA) is 68.4 Å². The molecular formula is C13H13BrN2O3. The summed E-state index contributed by atoms with van der Waals surface area (Å²) in [5.74, 6) is 1.28. The molecule has 1 fully saturated rings. The van der Waals surface area contributed by atoms with Crippen LogP contribution in [0.3, 0.4) is 0 Å². The summed E-state index contributed by atoms with van der Waals surface area (Å²) in [5, 5.41) is 13.8. The molecule has 2 aromatic rings. The summed E-state index contributed by atoms with van der Waals surface area (Å²) in [6, 6.07) is 5.10. The first-order chi connectivity index (χ1) is 9.24. The van der Waals surface area contributed by atoms with Crippen LogP contribution in [-0.4, -0.2) is 28.5 Å². The van der Waals surface area contributed by atoms with Crippen LogP contribution in [0.2, 0.25) is 0 Å². The molecule has 0 aliphatic carbocycles. The molecule has 1 aliphatic heterocycles. The van der Waals surface area contributed by atoms with Gasteiger partial charge < -0.3 is 14.4 Å². The fraction of sp³-hybridized carbons (Fsp3) is 0.385. The fourth-order valence-electron chi connectivity index (χ4n) is 2.13. The monoisotopic (exact) mass is 324 g/mol. The highest BCUT2D eigenvalue weighted by molar-refractivity contribution is 9.10. The zero-order valence-corrected chi connectivity index (χ0v) is 11.8. The SMILES string of the molecule is Oc1ccc(Br)cc1-c1nc(C2CCCOC2)no1. The maximum absolute atomic E-state index is 9.83. The highest BCUT2D eigenvalue weighted by Crippen LogP contribution is 2.32. The highest BCUT2D eigenvalue weighted by atomic mass is 79.9. The Balaban J connectivity index is 1.89. The maximum Gasteiger partial charge on any atom is 0.261 e. The molecule has 2 heterocycles. The molecule has 6 heteroatoms. The average Bonchev–Trinajstić information content (AvgIpc) is 2.92. The molecule has 0 amide bonds. The number of ether oxygens (including phenoxy) is 1. The van der Waals surface area contributed by atoms with Crippen LogP contribution < -0.4 is 0 Å². The van der Waals surface area contributed by atoms with Crippen LogP contribution in [0.25, 0.3) is 11.5 Å². The standard InChI is InChI=1S/C13H13BrN2O3/c14-9-3-4-11(17)10(6-9)13-15-12(16-19-13)8-2-1-5-18-7-8/h3-4,6,8,17H,1-2,5,7H2. The number of rotatable bonds is 2. The van der Waals surface area contributed by atoms with E-state index in [1.807, 2.05) is 0 Å². The summed E-state index contributed by atoms with van der Waals surface area (Å²) >= 11 is 3.36. The number of halogens is 1. The minimum absolute atomic E-state index is 0.123. The number of aromatic hydroxyl groups is 1. The molecular weight excluding hydrogens is 312 g/mol. The van der Waals surface area contributed by atoms with E-state index in [2.05, 4.69) is 26.1 Å². The predicted molar refractivity (Wildman–Crippen MR) is 71.9 cm³/mol. The zero-order valence-electron chi connectivity index (χ0n) is 10.2. The maximum atomic E-state index is 9.83. The van der Waals surface area contributed by atoms with E-state index in [0.29, 0.717) is 23.9 Å². The Morgan fingerprint density at radius 1 is 1.37 bits per heavy atom. The summed E-state index contributed by atoms with van der Waals surface area (Å²) in [5.41, 5.74) is 0.532. The number of aromatic nitrogens is 2. The van der Waals surface area contributed by atoms with Gasteiger partial charge in [-0.1, -0.05) is 21.1 Å². The molecule has 1 aromatic carbocycles. The molecule has 1 N–H and O–H groups in total. The Bertz CT molecular complexity index is 579. The van der Waals surface area contributed by atoms with Crippen molar-refractivity contribution in [2.45, 2.75) is 18.8 Å². The van der Waals surface area contributed by atoms with Crippen molar-refractivity contribution in [1.29, 1.82) is 0 Å². The number of nitrogens with zero attached hydrogens (tertiary/aromatic N) is 2. The highest BCUT2D eigenvalue weighted by Gasteiger charge is 2.22. The van der Waals surface area contributed by atoms with Crippen molar-refractivity contribution in [1.82, 2.24) is 10.1 Å². The number of hydrogen-bond acceptors (Lipinski definition) is 5. The summed E-state index contributed by atoms with van der Waals surface area (Å²) in [4.78, 5) is 4.37. The normalized spacial score (nSPS) is 19.5. The molecule has 100 valence electrons. The van der Waals surface area contributed by atoms with E-state index in [9.17, 15) is 5.11 Å². The lowest BCUT2D eigenvalue weighted by Gasteiger charge is -2.18. The third kappa shape index (κ3) is 2.64. The number of benzene rings is 1. The molecule has 1 aromatic heterocycles. The van der Waals surface area contributed by atoms with Crippen LogP contribution in [0, 0.1) is 0 Å². The van der Waals surface area contributed by atoms with E-state index in [4.69, 9.17) is 9.26 Å². The lowest BCUT2D eigenvalue weighted by molar-refractivity contribution is 0.0773. The van der Waals surface area contributed by atoms with Gasteiger partial charge in [-0.25, -0.2) is 0 Å². The minimum atomic E-state index is 0.123. The third-order valence-corrected chi connectivity index (χ3v) is 3.65. The molecule has 19 heavy (non-hydrogen) atoms. The minimum Gasteiger partial charge on any atom is -0.507 e. The quantitative estimate of drug-likeness (QED) is 0.919. The van der Waals surface area contributed by atoms with E-state index in [-0.39, 0.29) is 11.7 Å². The second kappa shape index (κ2) is 5.30. The van der Waals surface area contributed by atoms with Gasteiger partial charge >= 0.3 is 0 Å². The van der Waals surface area contributed by atoms with Crippen LogP contribution >= 0.6 is 15.9 Å². The smallest absolute Gasteiger partial charge is 0.261 e. The molecule has 1 aliphatic rings. The molecule has 0 bridgehead atoms. The second-order valence-corrected chi connectivity index (χ2v) is 5.45. The zero-order chi connectivity index (χ0) is 13.2. The number of hydrogen-bond donors (Lipinski definition) is 1. The Morgan fingerprint density at radius 2 is 2.26 bits per heavy atom. The Kier molecular flexibility index (Phi) is 3.52. The van der Waals surface area contributed by atoms with E-state index < -0.39 is 0 Å². The van der Waals surface area contributed by atoms with Gasteiger partial charge in [0.2, 0.25) is 0 Å². The van der Waals surface area contributed by atoms with E-state index in [0.717, 1.165) is 23.9 Å². The molecule has 5 nitrogen and oxygen atoms in total. The van der Waals surface area contributed by atoms with Gasteiger partial charge in [0.15, 0.2) is 5.82 Å². The van der Waals surface area contributed by atoms with Gasteiger partial charge in [0.25, 0.3) is 5.89 Å². The van der Waals surface area contributed by atoms with Crippen molar-refractivity contribution in [3.05, 3.63) is 28.5 Å². The molecule has 1 atom stereocenters. The Hall–Kier alpha value is -1.40. The van der Waals surface area contributed by atoms with Gasteiger partial charge in [0.05, 0.1) is 12.2 Å². The van der Waals surface area contributed by atoms with Crippen LogP contribution in [0.15, 0.2) is 27.2 Å². The van der Waals surface area contributed by atoms with E-state index in [1.54, 1.807) is 18.2 Å². The first kappa shape index (κ1) is 12.6. The molecule has 1 saturated heterocycles. The largest absolute Gasteiger partial charge is 0.507 e. The van der Waals surface area contributed by atoms with Crippen molar-refractivity contribution in [2.24, 2.45) is 0 Å². The number of phenols is 1. The van der Waals surface area contributed by atoms with Gasteiger partial charge in [0.1, 0.15) is 5.75 Å². The van der Waals surface area contributed by atoms with Crippen molar-refractivity contribution in [3.63, 3.8) is 0 Å². The molecule has 0 saturated carbocycles. The predicted octanol–water partition coefficient (Wildman–Crippen LogP) is 3.10. The number of phenolic OH excluding ortho intramolecular Hbond substituents is 1. The molecule has 3 rings (SSSR count). The average molecular weight is 325 g/mol. The van der Waals surface area contributed by atoms with Crippen LogP contribution in [0.4, 0.5) is 0 Å². The van der Waals surface area contributed by atoms with Crippen LogP contribution in [0.1, 0.15) is 24.6 Å². The van der Waals surface area contributed by atoms with Gasteiger partial charge in [-0.15, -0.1) is 0 Å². The first-order valence-corrected chi connectivity index (χ1v) is 6.93. The van der Waals surface area contributed by atoms with Crippen molar-refractivity contribution in [3.8, 4) is 17.2 Å². The summed E-state index contributed by atoms with van der Waals surface area (Å²) < 4.78 is 11.5. The van der Waals surface area contributed by atoms with Crippen molar-refractivity contribution in [2.75, 3.05) is 13.2 Å². The van der Waals surface area contributed by atoms with Crippen molar-refractivity contribution >= 4 is 15.9 Å². The summed E-state index contributed by atoms with van der Waals surface area (Å²) in [6.07, 6.45) is 2.01. The summed E-state index contributed by atoms with van der Waals surface area (Å²) in [7, 11) is 0. The Labute approximate surface area is 118 Å². The van der Waals surface area contributed by atoms with E-state index >= 15 is 0 Å². The Morgan fingerprint density at radius 3 is 3.05 bits per heavy atom. The van der Waals surface area contributed by atoms with Gasteiger partial charge in [-0.3, -0.25) is 0 Å². The lowest BCUT2D eigenvalue weighted by atomic mass is 10.0. The fourth-order valence-corrected chi connectivity index (χ4v) is 2.50. The van der Waals surface area contributed by atoms with Crippen LogP contribution in [0.5, 0.6) is 5.75 Å². The van der Waals surface area contributed by atoms with Gasteiger partial charge in [0, 0.05) is 17.0 Å². The molecule has 0 radical (unpaired) electrons. The third-order valence-electron chi connectivity index (χ3n) is 3.16. The van der Waals surface area contributed by atoms with Gasteiger partial charge in [-0.05, 0) is 31.0 Å². The second-order valence-electron chi connectivity index (χ2n) is 4.53. The molecule has 1 unspecified atom stereocenters. The summed E-state index contributed by atoms with van der Waals surface area (Å²) in [6.45, 7) is 1.43. The van der Waals surface area contributed by atoms with E-state index in [1.165, 1.54) is 0 Å². The van der Waals surface area contributed by atoms with Gasteiger partial charge in [-0.2, -0.15) is 4.98 Å². The first-order valence-electron chi connectivity index (χ1n) is 6.14. The lowest BCUT2D eigenvalue weighted by Crippen LogP contribution is -2.16. The van der Waals surface area contributed by atoms with Crippen molar-refractivity contribution < 1.29 is 14.4 Å². The van der Waals surface area contributed by atoms with Crippen LogP contribution in [-0.2, 0) is 4.74 Å². The molecule has 0 spiro atoms.